The zero-order valence-electron chi connectivity index (χ0n) is 16.0. The van der Waals surface area contributed by atoms with Crippen LogP contribution in [-0.2, 0) is 11.8 Å². The topological polar surface area (TPSA) is 68.2 Å². The third kappa shape index (κ3) is 3.36. The van der Waals surface area contributed by atoms with Crippen LogP contribution in [-0.4, -0.2) is 22.3 Å². The zero-order valence-corrected chi connectivity index (χ0v) is 16.0. The van der Waals surface area contributed by atoms with Crippen molar-refractivity contribution in [3.8, 4) is 0 Å². The van der Waals surface area contributed by atoms with Crippen molar-refractivity contribution < 1.29 is 9.59 Å². The van der Waals surface area contributed by atoms with Gasteiger partial charge in [0.25, 0.3) is 5.91 Å². The number of Topliss-reactive ketones (excluding diaryl/α,β-unsaturated/α-hetero) is 1. The fraction of sp³-hybridized carbons (Fsp3) is 0.450. The highest BCUT2D eigenvalue weighted by Crippen LogP contribution is 2.23. The number of hydrogen-bond acceptors (Lipinski definition) is 3. The second-order valence-corrected chi connectivity index (χ2v) is 7.00. The van der Waals surface area contributed by atoms with E-state index in [0.717, 1.165) is 22.2 Å². The van der Waals surface area contributed by atoms with Crippen molar-refractivity contribution in [3.05, 3.63) is 44.7 Å². The Hall–Kier alpha value is -2.43. The van der Waals surface area contributed by atoms with Gasteiger partial charge in [-0.05, 0) is 51.3 Å². The number of nitrogens with zero attached hydrogens (tertiary/aromatic N) is 1. The van der Waals surface area contributed by atoms with Gasteiger partial charge in [0, 0.05) is 30.6 Å². The van der Waals surface area contributed by atoms with Crippen LogP contribution < -0.4 is 10.7 Å². The molecule has 1 aromatic heterocycles. The number of carbonyl (C=O) groups excluding carboxylic acids is 2. The zero-order chi connectivity index (χ0) is 19.0. The summed E-state index contributed by atoms with van der Waals surface area (Å²) in [5, 5.41) is 3.37. The number of rotatable bonds is 4. The van der Waals surface area contributed by atoms with Gasteiger partial charge in [-0.1, -0.05) is 13.0 Å². The fourth-order valence-corrected chi connectivity index (χ4v) is 3.18. The van der Waals surface area contributed by atoms with Crippen LogP contribution >= 0.6 is 0 Å². The van der Waals surface area contributed by atoms with E-state index in [1.54, 1.807) is 20.0 Å². The van der Waals surface area contributed by atoms with E-state index in [2.05, 4.69) is 5.32 Å². The van der Waals surface area contributed by atoms with Crippen LogP contribution in [0.1, 0.15) is 47.8 Å². The first-order valence-corrected chi connectivity index (χ1v) is 8.47. The molecular weight excluding hydrogens is 316 g/mol. The summed E-state index contributed by atoms with van der Waals surface area (Å²) in [6.45, 7) is 10.9. The van der Waals surface area contributed by atoms with Gasteiger partial charge >= 0.3 is 0 Å². The molecule has 1 aromatic carbocycles. The Morgan fingerprint density at radius 1 is 1.12 bits per heavy atom. The predicted molar refractivity (Wildman–Crippen MR) is 100 cm³/mol. The molecule has 2 rings (SSSR count). The van der Waals surface area contributed by atoms with Crippen LogP contribution in [0.2, 0.25) is 0 Å². The van der Waals surface area contributed by atoms with Gasteiger partial charge in [-0.3, -0.25) is 14.4 Å². The molecule has 2 atom stereocenters. The van der Waals surface area contributed by atoms with E-state index in [4.69, 9.17) is 0 Å². The molecule has 0 saturated carbocycles. The van der Waals surface area contributed by atoms with Gasteiger partial charge in [0.05, 0.1) is 5.52 Å². The first-order chi connectivity index (χ1) is 11.6. The molecule has 0 saturated heterocycles. The van der Waals surface area contributed by atoms with Gasteiger partial charge in [-0.15, -0.1) is 0 Å². The second kappa shape index (κ2) is 6.82. The van der Waals surface area contributed by atoms with Crippen LogP contribution in [0.15, 0.2) is 17.1 Å². The molecule has 5 nitrogen and oxygen atoms in total. The van der Waals surface area contributed by atoms with Gasteiger partial charge in [-0.25, -0.2) is 0 Å². The van der Waals surface area contributed by atoms with Crippen molar-refractivity contribution in [1.82, 2.24) is 9.88 Å². The Morgan fingerprint density at radius 2 is 1.72 bits per heavy atom. The first-order valence-electron chi connectivity index (χ1n) is 8.47. The largest absolute Gasteiger partial charge is 0.349 e. The van der Waals surface area contributed by atoms with Gasteiger partial charge in [0.1, 0.15) is 11.3 Å². The normalized spacial score (nSPS) is 13.6. The fourth-order valence-electron chi connectivity index (χ4n) is 3.18. The molecule has 0 aliphatic heterocycles. The van der Waals surface area contributed by atoms with E-state index in [-0.39, 0.29) is 28.7 Å². The third-order valence-corrected chi connectivity index (χ3v) is 5.15. The molecule has 0 bridgehead atoms. The molecule has 0 fully saturated rings. The monoisotopic (exact) mass is 342 g/mol. The summed E-state index contributed by atoms with van der Waals surface area (Å²) in [5.74, 6) is -0.748. The number of nitrogens with one attached hydrogen (secondary N) is 1. The summed E-state index contributed by atoms with van der Waals surface area (Å²) in [6, 6.07) is 1.71. The summed E-state index contributed by atoms with van der Waals surface area (Å²) < 4.78 is 1.83. The molecule has 2 unspecified atom stereocenters. The number of pyridine rings is 1. The number of carbonyl (C=O) groups is 2. The molecule has 2 aromatic rings. The van der Waals surface area contributed by atoms with Crippen molar-refractivity contribution in [1.29, 1.82) is 0 Å². The molecule has 0 aliphatic carbocycles. The summed E-state index contributed by atoms with van der Waals surface area (Å²) in [6.07, 6.45) is 1.58. The van der Waals surface area contributed by atoms with Crippen molar-refractivity contribution in [2.75, 3.05) is 0 Å². The van der Waals surface area contributed by atoms with E-state index in [1.807, 2.05) is 38.5 Å². The van der Waals surface area contributed by atoms with E-state index in [9.17, 15) is 14.4 Å². The van der Waals surface area contributed by atoms with Crippen molar-refractivity contribution in [3.63, 3.8) is 0 Å². The highest BCUT2D eigenvalue weighted by molar-refractivity contribution is 5.99. The summed E-state index contributed by atoms with van der Waals surface area (Å²) in [5.41, 5.74) is 3.60. The van der Waals surface area contributed by atoms with Crippen molar-refractivity contribution in [2.24, 2.45) is 13.0 Å². The Bertz CT molecular complexity index is 925. The summed E-state index contributed by atoms with van der Waals surface area (Å²) >= 11 is 0. The quantitative estimate of drug-likeness (QED) is 0.929. The van der Waals surface area contributed by atoms with Crippen LogP contribution in [0.4, 0.5) is 0 Å². The lowest BCUT2D eigenvalue weighted by Gasteiger charge is -2.20. The maximum absolute atomic E-state index is 13.0. The highest BCUT2D eigenvalue weighted by atomic mass is 16.2. The van der Waals surface area contributed by atoms with Gasteiger partial charge in [0.2, 0.25) is 5.43 Å². The third-order valence-electron chi connectivity index (χ3n) is 5.15. The Kier molecular flexibility index (Phi) is 5.16. The number of fused-ring (bicyclic) bond motifs is 1. The predicted octanol–water partition coefficient (Wildman–Crippen LogP) is 2.81. The van der Waals surface area contributed by atoms with E-state index in [0.29, 0.717) is 5.39 Å². The second-order valence-electron chi connectivity index (χ2n) is 7.00. The SMILES string of the molecule is CC(=O)C(C)C(C)NC(=O)c1cn(C)c2c(C)cc(C)c(C)c2c1=O. The van der Waals surface area contributed by atoms with E-state index in [1.165, 1.54) is 6.92 Å². The highest BCUT2D eigenvalue weighted by Gasteiger charge is 2.22. The number of amides is 1. The number of hydrogen-bond donors (Lipinski definition) is 1. The number of benzene rings is 1. The first kappa shape index (κ1) is 18.9. The average Bonchev–Trinajstić information content (AvgIpc) is 2.53. The molecule has 1 N–H and O–H groups in total. The maximum Gasteiger partial charge on any atom is 0.257 e. The summed E-state index contributed by atoms with van der Waals surface area (Å²) in [7, 11) is 1.84. The smallest absolute Gasteiger partial charge is 0.257 e. The molecule has 0 spiro atoms. The van der Waals surface area contributed by atoms with Crippen LogP contribution in [0.3, 0.4) is 0 Å². The van der Waals surface area contributed by atoms with Gasteiger partial charge in [0.15, 0.2) is 0 Å². The van der Waals surface area contributed by atoms with Crippen molar-refractivity contribution >= 4 is 22.6 Å². The minimum Gasteiger partial charge on any atom is -0.349 e. The lowest BCUT2D eigenvalue weighted by atomic mass is 9.97. The van der Waals surface area contributed by atoms with Crippen LogP contribution in [0.5, 0.6) is 0 Å². The minimum absolute atomic E-state index is 0.00121. The number of ketones is 1. The standard InChI is InChI=1S/C20H26N2O3/c1-10-8-11(2)18-17(12(10)3)19(24)16(9-22(18)7)20(25)21-14(5)13(4)15(6)23/h8-9,13-14H,1-7H3,(H,21,25). The molecule has 1 heterocycles. The lowest BCUT2D eigenvalue weighted by molar-refractivity contribution is -0.120. The average molecular weight is 342 g/mol. The number of aromatic nitrogens is 1. The van der Waals surface area contributed by atoms with E-state index >= 15 is 0 Å². The van der Waals surface area contributed by atoms with Gasteiger partial charge in [-0.2, -0.15) is 0 Å². The maximum atomic E-state index is 13.0. The van der Waals surface area contributed by atoms with Crippen LogP contribution in [0, 0.1) is 26.7 Å². The van der Waals surface area contributed by atoms with Crippen molar-refractivity contribution in [2.45, 2.75) is 47.6 Å². The van der Waals surface area contributed by atoms with E-state index < -0.39 is 5.91 Å². The van der Waals surface area contributed by atoms with Gasteiger partial charge < -0.3 is 9.88 Å². The number of aryl methyl sites for hydroxylation is 4. The summed E-state index contributed by atoms with van der Waals surface area (Å²) in [4.78, 5) is 37.1. The molecule has 1 amide bonds. The minimum atomic E-state index is -0.443. The Morgan fingerprint density at radius 3 is 2.28 bits per heavy atom. The molecule has 0 aliphatic rings. The molecular formula is C20H26N2O3. The molecule has 25 heavy (non-hydrogen) atoms. The molecule has 5 heteroatoms. The Balaban J connectivity index is 2.59. The molecule has 0 radical (unpaired) electrons. The lowest BCUT2D eigenvalue weighted by Crippen LogP contribution is -2.41. The van der Waals surface area contributed by atoms with Crippen LogP contribution in [0.25, 0.3) is 10.9 Å². The Labute approximate surface area is 148 Å². The molecule has 134 valence electrons.